The van der Waals surface area contributed by atoms with Gasteiger partial charge >= 0.3 is 0 Å². The third kappa shape index (κ3) is 3.20. The number of hydrogen-bond donors (Lipinski definition) is 2. The molecule has 0 bridgehead atoms. The number of amides is 1. The lowest BCUT2D eigenvalue weighted by Crippen LogP contribution is -2.46. The molecule has 1 fully saturated rings. The second kappa shape index (κ2) is 4.94. The molecule has 0 aromatic carbocycles. The molecule has 0 aliphatic carbocycles. The molecule has 0 saturated carbocycles. The number of carbonyl (C=O) groups is 1. The molecule has 1 aromatic rings. The average Bonchev–Trinajstić information content (AvgIpc) is 2.27. The summed E-state index contributed by atoms with van der Waals surface area (Å²) < 4.78 is 5.59. The fourth-order valence-corrected chi connectivity index (χ4v) is 2.20. The molecule has 98 valence electrons. The van der Waals surface area contributed by atoms with Gasteiger partial charge in [0.1, 0.15) is 5.69 Å². The van der Waals surface area contributed by atoms with Crippen molar-refractivity contribution in [2.75, 3.05) is 6.61 Å². The van der Waals surface area contributed by atoms with E-state index in [-0.39, 0.29) is 23.1 Å². The number of H-pyrrole nitrogens is 1. The van der Waals surface area contributed by atoms with E-state index in [0.29, 0.717) is 12.3 Å². The van der Waals surface area contributed by atoms with E-state index in [1.54, 1.807) is 12.1 Å². The zero-order valence-electron chi connectivity index (χ0n) is 10.7. The van der Waals surface area contributed by atoms with Gasteiger partial charge in [-0.3, -0.25) is 9.59 Å². The first-order valence-electron chi connectivity index (χ1n) is 6.10. The molecule has 5 nitrogen and oxygen atoms in total. The lowest BCUT2D eigenvalue weighted by Gasteiger charge is -2.35. The first kappa shape index (κ1) is 12.8. The van der Waals surface area contributed by atoms with Crippen LogP contribution in [0.5, 0.6) is 0 Å². The normalized spacial score (nSPS) is 22.4. The molecule has 2 N–H and O–H groups in total. The van der Waals surface area contributed by atoms with Gasteiger partial charge in [0.25, 0.3) is 5.91 Å². The summed E-state index contributed by atoms with van der Waals surface area (Å²) >= 11 is 0. The van der Waals surface area contributed by atoms with E-state index in [0.717, 1.165) is 12.8 Å². The Morgan fingerprint density at radius 1 is 1.50 bits per heavy atom. The second-order valence-electron chi connectivity index (χ2n) is 5.20. The van der Waals surface area contributed by atoms with E-state index in [4.69, 9.17) is 4.74 Å². The van der Waals surface area contributed by atoms with Crippen molar-refractivity contribution in [3.05, 3.63) is 34.2 Å². The predicted molar refractivity (Wildman–Crippen MR) is 67.6 cm³/mol. The molecule has 1 saturated heterocycles. The molecule has 1 unspecified atom stereocenters. The Bertz CT molecular complexity index is 493. The van der Waals surface area contributed by atoms with Gasteiger partial charge in [-0.2, -0.15) is 0 Å². The first-order valence-corrected chi connectivity index (χ1v) is 6.10. The average molecular weight is 250 g/mol. The molecule has 5 heteroatoms. The number of rotatable bonds is 2. The molecule has 1 amide bonds. The number of carbonyl (C=O) groups excluding carboxylic acids is 1. The SMILES string of the molecule is CC1(C)CC(NC(=O)c2cccc(=O)[nH]2)CCO1. The van der Waals surface area contributed by atoms with Crippen molar-refractivity contribution in [1.29, 1.82) is 0 Å². The molecule has 1 aliphatic heterocycles. The number of nitrogens with one attached hydrogen (secondary N) is 2. The highest BCUT2D eigenvalue weighted by Gasteiger charge is 2.29. The summed E-state index contributed by atoms with van der Waals surface area (Å²) in [5, 5.41) is 2.93. The summed E-state index contributed by atoms with van der Waals surface area (Å²) in [5.74, 6) is -0.240. The summed E-state index contributed by atoms with van der Waals surface area (Å²) in [6.07, 6.45) is 1.57. The van der Waals surface area contributed by atoms with E-state index < -0.39 is 0 Å². The zero-order valence-corrected chi connectivity index (χ0v) is 10.7. The van der Waals surface area contributed by atoms with E-state index in [1.165, 1.54) is 6.07 Å². The number of aromatic amines is 1. The van der Waals surface area contributed by atoms with Crippen molar-refractivity contribution in [2.45, 2.75) is 38.3 Å². The van der Waals surface area contributed by atoms with Gasteiger partial charge < -0.3 is 15.0 Å². The number of ether oxygens (including phenoxy) is 1. The van der Waals surface area contributed by atoms with Crippen LogP contribution in [0.3, 0.4) is 0 Å². The van der Waals surface area contributed by atoms with Gasteiger partial charge in [-0.15, -0.1) is 0 Å². The summed E-state index contributed by atoms with van der Waals surface area (Å²) in [4.78, 5) is 25.6. The maximum Gasteiger partial charge on any atom is 0.268 e. The lowest BCUT2D eigenvalue weighted by molar-refractivity contribution is -0.0615. The van der Waals surface area contributed by atoms with Crippen molar-refractivity contribution in [2.24, 2.45) is 0 Å². The minimum Gasteiger partial charge on any atom is -0.375 e. The van der Waals surface area contributed by atoms with Gasteiger partial charge in [-0.05, 0) is 32.8 Å². The zero-order chi connectivity index (χ0) is 13.2. The molecule has 2 rings (SSSR count). The number of hydrogen-bond acceptors (Lipinski definition) is 3. The van der Waals surface area contributed by atoms with Crippen LogP contribution in [0.1, 0.15) is 37.2 Å². The summed E-state index contributed by atoms with van der Waals surface area (Å²) in [7, 11) is 0. The van der Waals surface area contributed by atoms with Gasteiger partial charge in [0, 0.05) is 18.7 Å². The summed E-state index contributed by atoms with van der Waals surface area (Å²) in [6, 6.07) is 4.64. The van der Waals surface area contributed by atoms with Gasteiger partial charge in [0.2, 0.25) is 5.56 Å². The van der Waals surface area contributed by atoms with Crippen LogP contribution in [0.2, 0.25) is 0 Å². The van der Waals surface area contributed by atoms with Crippen molar-refractivity contribution in [1.82, 2.24) is 10.3 Å². The highest BCUT2D eigenvalue weighted by molar-refractivity contribution is 5.92. The van der Waals surface area contributed by atoms with Crippen molar-refractivity contribution < 1.29 is 9.53 Å². The van der Waals surface area contributed by atoms with Crippen LogP contribution in [-0.2, 0) is 4.74 Å². The molecule has 2 heterocycles. The standard InChI is InChI=1S/C13H18N2O3/c1-13(2)8-9(6-7-18-13)14-12(17)10-4-3-5-11(16)15-10/h3-5,9H,6-8H2,1-2H3,(H,14,17)(H,15,16). The van der Waals surface area contributed by atoms with Crippen molar-refractivity contribution in [3.8, 4) is 0 Å². The topological polar surface area (TPSA) is 71.2 Å². The van der Waals surface area contributed by atoms with Gasteiger partial charge in [0.05, 0.1) is 5.60 Å². The number of pyridine rings is 1. The lowest BCUT2D eigenvalue weighted by atomic mass is 9.94. The molecule has 0 radical (unpaired) electrons. The fraction of sp³-hybridized carbons (Fsp3) is 0.538. The molecule has 0 spiro atoms. The third-order valence-electron chi connectivity index (χ3n) is 3.05. The van der Waals surface area contributed by atoms with Crippen LogP contribution in [0.4, 0.5) is 0 Å². The monoisotopic (exact) mass is 250 g/mol. The van der Waals surface area contributed by atoms with E-state index in [1.807, 2.05) is 13.8 Å². The Morgan fingerprint density at radius 2 is 2.28 bits per heavy atom. The van der Waals surface area contributed by atoms with Gasteiger partial charge in [0.15, 0.2) is 0 Å². The maximum atomic E-state index is 12.0. The van der Waals surface area contributed by atoms with Crippen LogP contribution in [-0.4, -0.2) is 29.1 Å². The largest absolute Gasteiger partial charge is 0.375 e. The minimum absolute atomic E-state index is 0.0879. The molecule has 1 aromatic heterocycles. The van der Waals surface area contributed by atoms with Crippen LogP contribution in [0, 0.1) is 0 Å². The molecule has 18 heavy (non-hydrogen) atoms. The van der Waals surface area contributed by atoms with E-state index >= 15 is 0 Å². The molecule has 1 aliphatic rings. The van der Waals surface area contributed by atoms with Crippen LogP contribution in [0.25, 0.3) is 0 Å². The first-order chi connectivity index (χ1) is 8.46. The Morgan fingerprint density at radius 3 is 2.94 bits per heavy atom. The Kier molecular flexibility index (Phi) is 3.52. The quantitative estimate of drug-likeness (QED) is 0.824. The highest BCUT2D eigenvalue weighted by Crippen LogP contribution is 2.23. The van der Waals surface area contributed by atoms with Crippen LogP contribution < -0.4 is 10.9 Å². The van der Waals surface area contributed by atoms with Crippen molar-refractivity contribution >= 4 is 5.91 Å². The maximum absolute atomic E-state index is 12.0. The second-order valence-corrected chi connectivity index (χ2v) is 5.20. The van der Waals surface area contributed by atoms with Gasteiger partial charge in [-0.1, -0.05) is 6.07 Å². The predicted octanol–water partition coefficient (Wildman–Crippen LogP) is 1.06. The minimum atomic E-state index is -0.269. The summed E-state index contributed by atoms with van der Waals surface area (Å²) in [5.41, 5.74) is -0.179. The Balaban J connectivity index is 2.01. The third-order valence-corrected chi connectivity index (χ3v) is 3.05. The van der Waals surface area contributed by atoms with E-state index in [9.17, 15) is 9.59 Å². The molecule has 1 atom stereocenters. The molecular formula is C13H18N2O3. The highest BCUT2D eigenvalue weighted by atomic mass is 16.5. The van der Waals surface area contributed by atoms with Crippen molar-refractivity contribution in [3.63, 3.8) is 0 Å². The van der Waals surface area contributed by atoms with Gasteiger partial charge in [-0.25, -0.2) is 0 Å². The Hall–Kier alpha value is -1.62. The van der Waals surface area contributed by atoms with Crippen LogP contribution >= 0.6 is 0 Å². The number of aromatic nitrogens is 1. The molecular weight excluding hydrogens is 232 g/mol. The summed E-state index contributed by atoms with van der Waals surface area (Å²) in [6.45, 7) is 4.66. The smallest absolute Gasteiger partial charge is 0.268 e. The Labute approximate surface area is 106 Å². The van der Waals surface area contributed by atoms with Crippen LogP contribution in [0.15, 0.2) is 23.0 Å². The fourth-order valence-electron chi connectivity index (χ4n) is 2.20. The van der Waals surface area contributed by atoms with E-state index in [2.05, 4.69) is 10.3 Å².